The van der Waals surface area contributed by atoms with Gasteiger partial charge in [0.2, 0.25) is 0 Å². The molecular weight excluding hydrogens is 442 g/mol. The number of aromatic nitrogens is 2. The smallest absolute Gasteiger partial charge is 0.329 e. The highest BCUT2D eigenvalue weighted by atomic mass is 35.5. The summed E-state index contributed by atoms with van der Waals surface area (Å²) in [6, 6.07) is 19.2. The molecule has 0 aliphatic heterocycles. The Morgan fingerprint density at radius 2 is 1.70 bits per heavy atom. The molecule has 0 atom stereocenters. The predicted molar refractivity (Wildman–Crippen MR) is 128 cm³/mol. The van der Waals surface area contributed by atoms with Gasteiger partial charge in [-0.05, 0) is 60.0 Å². The van der Waals surface area contributed by atoms with E-state index in [1.807, 2.05) is 12.1 Å². The van der Waals surface area contributed by atoms with Crippen molar-refractivity contribution in [1.82, 2.24) is 14.9 Å². The van der Waals surface area contributed by atoms with Crippen LogP contribution < -0.4 is 21.3 Å². The Labute approximate surface area is 194 Å². The minimum Gasteiger partial charge on any atom is -0.497 e. The lowest BCUT2D eigenvalue weighted by molar-refractivity contribution is 0.0954. The first kappa shape index (κ1) is 22.4. The lowest BCUT2D eigenvalue weighted by atomic mass is 10.1. The molecule has 0 fully saturated rings. The molecule has 0 aliphatic carbocycles. The van der Waals surface area contributed by atoms with E-state index in [-0.39, 0.29) is 12.5 Å². The van der Waals surface area contributed by atoms with E-state index < -0.39 is 11.2 Å². The van der Waals surface area contributed by atoms with E-state index in [9.17, 15) is 14.4 Å². The van der Waals surface area contributed by atoms with Crippen LogP contribution in [0.1, 0.15) is 21.5 Å². The summed E-state index contributed by atoms with van der Waals surface area (Å²) in [5.74, 6) is 0.409. The number of nitrogens with one attached hydrogen (secondary N) is 2. The van der Waals surface area contributed by atoms with Crippen molar-refractivity contribution in [2.45, 2.75) is 13.0 Å². The van der Waals surface area contributed by atoms with Gasteiger partial charge >= 0.3 is 5.69 Å². The van der Waals surface area contributed by atoms with E-state index in [1.165, 1.54) is 6.07 Å². The van der Waals surface area contributed by atoms with Gasteiger partial charge in [-0.15, -0.1) is 0 Å². The fourth-order valence-electron chi connectivity index (χ4n) is 3.53. The number of nitrogens with zero attached hydrogens (tertiary/aromatic N) is 1. The number of rotatable bonds is 7. The van der Waals surface area contributed by atoms with Gasteiger partial charge in [-0.25, -0.2) is 4.79 Å². The van der Waals surface area contributed by atoms with Gasteiger partial charge in [0.25, 0.3) is 11.5 Å². The lowest BCUT2D eigenvalue weighted by Crippen LogP contribution is -2.35. The van der Waals surface area contributed by atoms with E-state index >= 15 is 0 Å². The Morgan fingerprint density at radius 3 is 2.39 bits per heavy atom. The van der Waals surface area contributed by atoms with Gasteiger partial charge in [-0.3, -0.25) is 14.2 Å². The fraction of sp³-hybridized carbons (Fsp3) is 0.160. The van der Waals surface area contributed by atoms with Crippen LogP contribution in [0.15, 0.2) is 76.3 Å². The SMILES string of the molecule is COc1ccc(Cn2c(=O)[nH]c3cc(C(=O)NCCc4ccc(Cl)cc4)ccc3c2=O)cc1. The zero-order valence-corrected chi connectivity index (χ0v) is 18.7. The molecule has 4 aromatic rings. The third-order valence-electron chi connectivity index (χ3n) is 5.36. The van der Waals surface area contributed by atoms with Crippen LogP contribution in [0.4, 0.5) is 0 Å². The molecule has 0 radical (unpaired) electrons. The highest BCUT2D eigenvalue weighted by molar-refractivity contribution is 6.30. The molecule has 8 heteroatoms. The van der Waals surface area contributed by atoms with Gasteiger partial charge < -0.3 is 15.0 Å². The molecule has 0 bridgehead atoms. The summed E-state index contributed by atoms with van der Waals surface area (Å²) in [5.41, 5.74) is 1.57. The van der Waals surface area contributed by atoms with Crippen LogP contribution in [-0.2, 0) is 13.0 Å². The third-order valence-corrected chi connectivity index (χ3v) is 5.61. The number of hydrogen-bond donors (Lipinski definition) is 2. The molecule has 1 amide bonds. The van der Waals surface area contributed by atoms with Gasteiger partial charge in [0.15, 0.2) is 0 Å². The molecule has 0 saturated carbocycles. The van der Waals surface area contributed by atoms with Gasteiger partial charge in [0, 0.05) is 17.1 Å². The molecule has 0 unspecified atom stereocenters. The first-order valence-electron chi connectivity index (χ1n) is 10.4. The highest BCUT2D eigenvalue weighted by Crippen LogP contribution is 2.13. The van der Waals surface area contributed by atoms with Crippen molar-refractivity contribution in [3.8, 4) is 5.75 Å². The normalized spacial score (nSPS) is 10.8. The number of fused-ring (bicyclic) bond motifs is 1. The second kappa shape index (κ2) is 9.75. The number of hydrogen-bond acceptors (Lipinski definition) is 4. The van der Waals surface area contributed by atoms with Crippen LogP contribution in [0.3, 0.4) is 0 Å². The van der Waals surface area contributed by atoms with Crippen molar-refractivity contribution in [3.05, 3.63) is 109 Å². The number of carbonyl (C=O) groups is 1. The average molecular weight is 464 g/mol. The Morgan fingerprint density at radius 1 is 1.00 bits per heavy atom. The molecule has 1 aromatic heterocycles. The van der Waals surface area contributed by atoms with Gasteiger partial charge in [0.1, 0.15) is 5.75 Å². The standard InChI is InChI=1S/C25H22ClN3O4/c1-33-20-9-4-17(5-10-20)15-29-24(31)21-11-6-18(14-22(21)28-25(29)32)23(30)27-13-12-16-2-7-19(26)8-3-16/h2-11,14H,12-13,15H2,1H3,(H,27,30)(H,28,32). The number of H-pyrrole nitrogens is 1. The zero-order valence-electron chi connectivity index (χ0n) is 17.9. The number of amides is 1. The Kier molecular flexibility index (Phi) is 6.60. The highest BCUT2D eigenvalue weighted by Gasteiger charge is 2.12. The van der Waals surface area contributed by atoms with E-state index in [1.54, 1.807) is 55.6 Å². The van der Waals surface area contributed by atoms with E-state index in [0.29, 0.717) is 40.2 Å². The number of aromatic amines is 1. The van der Waals surface area contributed by atoms with E-state index in [4.69, 9.17) is 16.3 Å². The van der Waals surface area contributed by atoms with Crippen LogP contribution in [0, 0.1) is 0 Å². The maximum atomic E-state index is 12.9. The maximum Gasteiger partial charge on any atom is 0.329 e. The Balaban J connectivity index is 1.50. The van der Waals surface area contributed by atoms with Crippen molar-refractivity contribution in [1.29, 1.82) is 0 Å². The molecular formula is C25H22ClN3O4. The second-order valence-electron chi connectivity index (χ2n) is 7.56. The summed E-state index contributed by atoms with van der Waals surface area (Å²) in [4.78, 5) is 40.8. The second-order valence-corrected chi connectivity index (χ2v) is 8.00. The van der Waals surface area contributed by atoms with Crippen molar-refractivity contribution in [2.75, 3.05) is 13.7 Å². The molecule has 168 valence electrons. The molecule has 0 spiro atoms. The van der Waals surface area contributed by atoms with Crippen LogP contribution in [0.2, 0.25) is 5.02 Å². The first-order valence-corrected chi connectivity index (χ1v) is 10.7. The molecule has 7 nitrogen and oxygen atoms in total. The van der Waals surface area contributed by atoms with Crippen molar-refractivity contribution in [3.63, 3.8) is 0 Å². The minimum atomic E-state index is -0.538. The van der Waals surface area contributed by atoms with E-state index in [0.717, 1.165) is 15.7 Å². The molecule has 3 aromatic carbocycles. The summed E-state index contributed by atoms with van der Waals surface area (Å²) >= 11 is 5.88. The van der Waals surface area contributed by atoms with Gasteiger partial charge in [-0.2, -0.15) is 0 Å². The molecule has 1 heterocycles. The molecule has 33 heavy (non-hydrogen) atoms. The van der Waals surface area contributed by atoms with Crippen molar-refractivity contribution >= 4 is 28.4 Å². The van der Waals surface area contributed by atoms with E-state index in [2.05, 4.69) is 10.3 Å². The Hall–Kier alpha value is -3.84. The molecule has 2 N–H and O–H groups in total. The van der Waals surface area contributed by atoms with Gasteiger partial charge in [0.05, 0.1) is 24.6 Å². The molecule has 0 saturated heterocycles. The first-order chi connectivity index (χ1) is 15.9. The quantitative estimate of drug-likeness (QED) is 0.439. The summed E-state index contributed by atoms with van der Waals surface area (Å²) in [5, 5.41) is 3.85. The number of methoxy groups -OCH3 is 1. The van der Waals surface area contributed by atoms with Crippen LogP contribution in [0.5, 0.6) is 5.75 Å². The number of halogens is 1. The summed E-state index contributed by atoms with van der Waals surface area (Å²) in [6.45, 7) is 0.569. The molecule has 0 aliphatic rings. The third kappa shape index (κ3) is 5.15. The molecule has 4 rings (SSSR count). The van der Waals surface area contributed by atoms with Crippen molar-refractivity contribution < 1.29 is 9.53 Å². The van der Waals surface area contributed by atoms with Crippen LogP contribution in [0.25, 0.3) is 10.9 Å². The average Bonchev–Trinajstić information content (AvgIpc) is 2.83. The summed E-state index contributed by atoms with van der Waals surface area (Å²) in [7, 11) is 1.57. The van der Waals surface area contributed by atoms with Gasteiger partial charge in [-0.1, -0.05) is 35.9 Å². The number of benzene rings is 3. The van der Waals surface area contributed by atoms with Crippen LogP contribution >= 0.6 is 11.6 Å². The fourth-order valence-corrected chi connectivity index (χ4v) is 3.65. The van der Waals surface area contributed by atoms with Crippen LogP contribution in [-0.4, -0.2) is 29.1 Å². The predicted octanol–water partition coefficient (Wildman–Crippen LogP) is 3.37. The maximum absolute atomic E-state index is 12.9. The number of carbonyl (C=O) groups excluding carboxylic acids is 1. The Bertz CT molecular complexity index is 1410. The monoisotopic (exact) mass is 463 g/mol. The van der Waals surface area contributed by atoms with Crippen molar-refractivity contribution in [2.24, 2.45) is 0 Å². The summed E-state index contributed by atoms with van der Waals surface area (Å²) < 4.78 is 6.27. The number of ether oxygens (including phenoxy) is 1. The zero-order chi connectivity index (χ0) is 23.4. The lowest BCUT2D eigenvalue weighted by Gasteiger charge is -2.09. The summed E-state index contributed by atoms with van der Waals surface area (Å²) in [6.07, 6.45) is 0.656. The minimum absolute atomic E-state index is 0.126. The largest absolute Gasteiger partial charge is 0.497 e. The topological polar surface area (TPSA) is 93.2 Å².